The van der Waals surface area contributed by atoms with Crippen LogP contribution in [0.5, 0.6) is 0 Å². The summed E-state index contributed by atoms with van der Waals surface area (Å²) in [5, 5.41) is 3.63. The van der Waals surface area contributed by atoms with Crippen molar-refractivity contribution in [2.45, 2.75) is 72.5 Å². The van der Waals surface area contributed by atoms with E-state index in [-0.39, 0.29) is 24.3 Å². The maximum Gasteiger partial charge on any atom is 0.243 e. The van der Waals surface area contributed by atoms with Gasteiger partial charge in [-0.3, -0.25) is 9.59 Å². The second-order valence-corrected chi connectivity index (χ2v) is 8.43. The van der Waals surface area contributed by atoms with Crippen LogP contribution in [-0.4, -0.2) is 28.8 Å². The van der Waals surface area contributed by atoms with Crippen LogP contribution in [0.25, 0.3) is 0 Å². The number of hydrogen-bond donors (Lipinski definition) is 1. The Morgan fingerprint density at radius 2 is 1.67 bits per heavy atom. The first-order valence-corrected chi connectivity index (χ1v) is 11.0. The number of hydrogen-bond acceptors (Lipinski definition) is 2. The normalized spacial score (nSPS) is 12.9. The molecule has 2 aromatic rings. The highest BCUT2D eigenvalue weighted by Crippen LogP contribution is 2.21. The number of halogens is 1. The summed E-state index contributed by atoms with van der Waals surface area (Å²) in [7, 11) is 0. The summed E-state index contributed by atoms with van der Waals surface area (Å²) in [5.74, 6) is -0.196. The highest BCUT2D eigenvalue weighted by atomic mass is 35.5. The standard InChI is InChI=1S/C25H33ClN2O2/c1-6-19(5)27-25(30)23(7-2)28(16-21-10-8-9-11-22(21)26)24(29)15-20-13-17(3)12-18(4)14-20/h8-14,19,23H,6-7,15-16H2,1-5H3,(H,27,30). The predicted octanol–water partition coefficient (Wildman–Crippen LogP) is 5.22. The van der Waals surface area contributed by atoms with Crippen molar-refractivity contribution >= 4 is 23.4 Å². The van der Waals surface area contributed by atoms with Gasteiger partial charge < -0.3 is 10.2 Å². The largest absolute Gasteiger partial charge is 0.352 e. The Morgan fingerprint density at radius 1 is 1.03 bits per heavy atom. The topological polar surface area (TPSA) is 49.4 Å². The van der Waals surface area contributed by atoms with Gasteiger partial charge in [-0.1, -0.05) is 73.0 Å². The second kappa shape index (κ2) is 11.2. The Bertz CT molecular complexity index is 861. The van der Waals surface area contributed by atoms with E-state index in [9.17, 15) is 9.59 Å². The predicted molar refractivity (Wildman–Crippen MR) is 124 cm³/mol. The number of benzene rings is 2. The summed E-state index contributed by atoms with van der Waals surface area (Å²) >= 11 is 6.37. The molecule has 0 aliphatic heterocycles. The molecular formula is C25H33ClN2O2. The van der Waals surface area contributed by atoms with Gasteiger partial charge >= 0.3 is 0 Å². The molecule has 0 saturated carbocycles. The van der Waals surface area contributed by atoms with E-state index >= 15 is 0 Å². The summed E-state index contributed by atoms with van der Waals surface area (Å²) in [4.78, 5) is 28.1. The van der Waals surface area contributed by atoms with E-state index in [2.05, 4.69) is 11.4 Å². The number of carbonyl (C=O) groups excluding carboxylic acids is 2. The number of carbonyl (C=O) groups is 2. The van der Waals surface area contributed by atoms with Crippen LogP contribution < -0.4 is 5.32 Å². The quantitative estimate of drug-likeness (QED) is 0.595. The third-order valence-electron chi connectivity index (χ3n) is 5.32. The van der Waals surface area contributed by atoms with E-state index < -0.39 is 6.04 Å². The zero-order valence-corrected chi connectivity index (χ0v) is 19.4. The molecule has 2 unspecified atom stereocenters. The highest BCUT2D eigenvalue weighted by Gasteiger charge is 2.29. The number of amides is 2. The average molecular weight is 429 g/mol. The Hall–Kier alpha value is -2.33. The number of nitrogens with one attached hydrogen (secondary N) is 1. The number of rotatable bonds is 9. The molecule has 1 N–H and O–H groups in total. The molecule has 162 valence electrons. The highest BCUT2D eigenvalue weighted by molar-refractivity contribution is 6.31. The molecule has 0 bridgehead atoms. The van der Waals surface area contributed by atoms with Gasteiger partial charge in [0, 0.05) is 17.6 Å². The SMILES string of the molecule is CCC(C)NC(=O)C(CC)N(Cc1ccccc1Cl)C(=O)Cc1cc(C)cc(C)c1. The van der Waals surface area contributed by atoms with Crippen LogP contribution in [0.1, 0.15) is 55.9 Å². The summed E-state index contributed by atoms with van der Waals surface area (Å²) in [6.07, 6.45) is 1.62. The third kappa shape index (κ3) is 6.60. The zero-order valence-electron chi connectivity index (χ0n) is 18.7. The van der Waals surface area contributed by atoms with E-state index in [1.807, 2.05) is 71.0 Å². The van der Waals surface area contributed by atoms with E-state index in [1.54, 1.807) is 4.90 Å². The van der Waals surface area contributed by atoms with Crippen LogP contribution in [-0.2, 0) is 22.6 Å². The van der Waals surface area contributed by atoms with Gasteiger partial charge in [0.15, 0.2) is 0 Å². The summed E-state index contributed by atoms with van der Waals surface area (Å²) in [5.41, 5.74) is 4.04. The van der Waals surface area contributed by atoms with Crippen molar-refractivity contribution in [3.05, 3.63) is 69.7 Å². The summed E-state index contributed by atoms with van der Waals surface area (Å²) in [6, 6.07) is 13.1. The minimum absolute atomic E-state index is 0.0586. The lowest BCUT2D eigenvalue weighted by molar-refractivity contribution is -0.141. The van der Waals surface area contributed by atoms with Gasteiger partial charge in [0.05, 0.1) is 6.42 Å². The van der Waals surface area contributed by atoms with Gasteiger partial charge in [0.1, 0.15) is 6.04 Å². The summed E-state index contributed by atoms with van der Waals surface area (Å²) in [6.45, 7) is 10.3. The molecule has 0 saturated heterocycles. The molecule has 4 nitrogen and oxygen atoms in total. The Kier molecular flexibility index (Phi) is 8.91. The first kappa shape index (κ1) is 23.9. The Morgan fingerprint density at radius 3 is 2.23 bits per heavy atom. The van der Waals surface area contributed by atoms with Crippen LogP contribution in [0, 0.1) is 13.8 Å². The van der Waals surface area contributed by atoms with Gasteiger partial charge in [0.25, 0.3) is 0 Å². The average Bonchev–Trinajstić information content (AvgIpc) is 2.68. The fourth-order valence-corrected chi connectivity index (χ4v) is 3.81. The molecule has 0 fully saturated rings. The molecule has 0 aliphatic carbocycles. The van der Waals surface area contributed by atoms with Crippen LogP contribution in [0.4, 0.5) is 0 Å². The Labute approximate surface area is 185 Å². The number of nitrogens with zero attached hydrogens (tertiary/aromatic N) is 1. The first-order chi connectivity index (χ1) is 14.2. The molecule has 2 rings (SSSR count). The van der Waals surface area contributed by atoms with Crippen molar-refractivity contribution in [3.63, 3.8) is 0 Å². The fourth-order valence-electron chi connectivity index (χ4n) is 3.62. The summed E-state index contributed by atoms with van der Waals surface area (Å²) < 4.78 is 0. The van der Waals surface area contributed by atoms with Crippen molar-refractivity contribution in [1.82, 2.24) is 10.2 Å². The molecule has 0 radical (unpaired) electrons. The monoisotopic (exact) mass is 428 g/mol. The molecule has 0 spiro atoms. The van der Waals surface area contributed by atoms with Crippen LogP contribution in [0.15, 0.2) is 42.5 Å². The minimum atomic E-state index is -0.548. The van der Waals surface area contributed by atoms with Crippen molar-refractivity contribution in [3.8, 4) is 0 Å². The van der Waals surface area contributed by atoms with Gasteiger partial charge in [0.2, 0.25) is 11.8 Å². The zero-order chi connectivity index (χ0) is 22.3. The molecule has 0 heterocycles. The Balaban J connectivity index is 2.34. The van der Waals surface area contributed by atoms with Crippen molar-refractivity contribution in [1.29, 1.82) is 0 Å². The molecule has 0 aliphatic rings. The fraction of sp³-hybridized carbons (Fsp3) is 0.440. The third-order valence-corrected chi connectivity index (χ3v) is 5.69. The lowest BCUT2D eigenvalue weighted by atomic mass is 10.0. The lowest BCUT2D eigenvalue weighted by Crippen LogP contribution is -2.51. The van der Waals surface area contributed by atoms with Crippen molar-refractivity contribution in [2.75, 3.05) is 0 Å². The minimum Gasteiger partial charge on any atom is -0.352 e. The van der Waals surface area contributed by atoms with Crippen molar-refractivity contribution < 1.29 is 9.59 Å². The van der Waals surface area contributed by atoms with E-state index in [1.165, 1.54) is 0 Å². The maximum absolute atomic E-state index is 13.4. The molecule has 2 aromatic carbocycles. The second-order valence-electron chi connectivity index (χ2n) is 8.03. The smallest absolute Gasteiger partial charge is 0.243 e. The van der Waals surface area contributed by atoms with Gasteiger partial charge in [-0.25, -0.2) is 0 Å². The van der Waals surface area contributed by atoms with Gasteiger partial charge in [-0.15, -0.1) is 0 Å². The van der Waals surface area contributed by atoms with Gasteiger partial charge in [-0.2, -0.15) is 0 Å². The van der Waals surface area contributed by atoms with Crippen LogP contribution >= 0.6 is 11.6 Å². The van der Waals surface area contributed by atoms with E-state index in [0.29, 0.717) is 18.0 Å². The first-order valence-electron chi connectivity index (χ1n) is 10.7. The number of aryl methyl sites for hydroxylation is 2. The molecule has 2 atom stereocenters. The van der Waals surface area contributed by atoms with Crippen molar-refractivity contribution in [2.24, 2.45) is 0 Å². The van der Waals surface area contributed by atoms with Gasteiger partial charge in [-0.05, 0) is 50.8 Å². The molecular weight excluding hydrogens is 396 g/mol. The van der Waals surface area contributed by atoms with Crippen LogP contribution in [0.3, 0.4) is 0 Å². The molecule has 0 aromatic heterocycles. The molecule has 2 amide bonds. The van der Waals surface area contributed by atoms with E-state index in [0.717, 1.165) is 28.7 Å². The maximum atomic E-state index is 13.4. The molecule has 5 heteroatoms. The lowest BCUT2D eigenvalue weighted by Gasteiger charge is -2.32. The van der Waals surface area contributed by atoms with Crippen LogP contribution in [0.2, 0.25) is 5.02 Å². The molecule has 30 heavy (non-hydrogen) atoms. The van der Waals surface area contributed by atoms with E-state index in [4.69, 9.17) is 11.6 Å².